The molecule has 116 valence electrons. The summed E-state index contributed by atoms with van der Waals surface area (Å²) in [5.74, 6) is 0.621. The Hall–Kier alpha value is -1.69. The van der Waals surface area contributed by atoms with Crippen LogP contribution >= 0.6 is 11.6 Å². The average Bonchev–Trinajstić information content (AvgIpc) is 2.54. The Morgan fingerprint density at radius 1 is 1.32 bits per heavy atom. The number of β-amino-alcohol motifs (C(OH)–C–C–N with tert-alkyl or cyclic N) is 1. The average molecular weight is 320 g/mol. The first-order valence-electron chi connectivity index (χ1n) is 7.20. The summed E-state index contributed by atoms with van der Waals surface area (Å²) in [6.45, 7) is 2.10. The maximum atomic E-state index is 10.4. The largest absolute Gasteiger partial charge is 0.481 e. The third kappa shape index (κ3) is 3.21. The van der Waals surface area contributed by atoms with E-state index in [1.54, 1.807) is 19.2 Å². The van der Waals surface area contributed by atoms with Crippen LogP contribution in [0.4, 0.5) is 0 Å². The second-order valence-electron chi connectivity index (χ2n) is 5.36. The van der Waals surface area contributed by atoms with Gasteiger partial charge in [0.2, 0.25) is 5.88 Å². The van der Waals surface area contributed by atoms with Crippen LogP contribution in [0, 0.1) is 0 Å². The molecule has 0 bridgehead atoms. The molecule has 1 N–H and O–H groups in total. The van der Waals surface area contributed by atoms with Crippen molar-refractivity contribution < 1.29 is 9.84 Å². The van der Waals surface area contributed by atoms with E-state index in [-0.39, 0.29) is 0 Å². The molecule has 5 nitrogen and oxygen atoms in total. The lowest BCUT2D eigenvalue weighted by Gasteiger charge is -2.30. The zero-order valence-corrected chi connectivity index (χ0v) is 13.1. The van der Waals surface area contributed by atoms with Crippen molar-refractivity contribution >= 4 is 11.6 Å². The summed E-state index contributed by atoms with van der Waals surface area (Å²) >= 11 is 5.88. The van der Waals surface area contributed by atoms with Crippen LogP contribution in [0.25, 0.3) is 0 Å². The molecule has 1 atom stereocenters. The highest BCUT2D eigenvalue weighted by Crippen LogP contribution is 2.26. The Bertz CT molecular complexity index is 634. The van der Waals surface area contributed by atoms with Crippen LogP contribution < -0.4 is 4.74 Å². The molecule has 22 heavy (non-hydrogen) atoms. The smallest absolute Gasteiger partial charge is 0.220 e. The van der Waals surface area contributed by atoms with Crippen molar-refractivity contribution in [2.75, 3.05) is 20.2 Å². The molecular formula is C16H18ClN3O2. The van der Waals surface area contributed by atoms with Gasteiger partial charge >= 0.3 is 0 Å². The summed E-state index contributed by atoms with van der Waals surface area (Å²) in [5.41, 5.74) is 2.91. The van der Waals surface area contributed by atoms with Crippen LogP contribution in [0.5, 0.6) is 5.88 Å². The molecule has 1 aromatic carbocycles. The fraction of sp³-hybridized carbons (Fsp3) is 0.375. The quantitative estimate of drug-likeness (QED) is 0.936. The molecule has 1 aliphatic rings. The van der Waals surface area contributed by atoms with Crippen LogP contribution in [0.3, 0.4) is 0 Å². The number of fused-ring (bicyclic) bond motifs is 1. The normalized spacial score (nSPS) is 16.1. The number of benzene rings is 1. The van der Waals surface area contributed by atoms with E-state index in [9.17, 15) is 5.11 Å². The highest BCUT2D eigenvalue weighted by atomic mass is 35.5. The lowest BCUT2D eigenvalue weighted by Crippen LogP contribution is -2.34. The van der Waals surface area contributed by atoms with Gasteiger partial charge in [-0.25, -0.2) is 9.97 Å². The number of ether oxygens (including phenoxy) is 1. The molecule has 0 fully saturated rings. The first-order chi connectivity index (χ1) is 10.7. The monoisotopic (exact) mass is 319 g/mol. The summed E-state index contributed by atoms with van der Waals surface area (Å²) in [6.07, 6.45) is 1.83. The van der Waals surface area contributed by atoms with E-state index in [1.807, 2.05) is 12.1 Å². The highest BCUT2D eigenvalue weighted by Gasteiger charge is 2.23. The lowest BCUT2D eigenvalue weighted by molar-refractivity contribution is 0.104. The van der Waals surface area contributed by atoms with E-state index < -0.39 is 6.10 Å². The maximum absolute atomic E-state index is 10.4. The van der Waals surface area contributed by atoms with Crippen molar-refractivity contribution in [1.29, 1.82) is 0 Å². The summed E-state index contributed by atoms with van der Waals surface area (Å²) in [4.78, 5) is 10.7. The molecule has 0 unspecified atom stereocenters. The van der Waals surface area contributed by atoms with Gasteiger partial charge in [-0.1, -0.05) is 23.7 Å². The van der Waals surface area contributed by atoms with Crippen molar-refractivity contribution in [3.05, 3.63) is 52.4 Å². The molecule has 2 heterocycles. The van der Waals surface area contributed by atoms with Gasteiger partial charge in [-0.2, -0.15) is 0 Å². The van der Waals surface area contributed by atoms with Gasteiger partial charge in [0.05, 0.1) is 18.9 Å². The SMILES string of the molecule is COc1ncnc2c1CN(C[C@@H](O)c1ccc(Cl)cc1)CC2. The summed E-state index contributed by atoms with van der Waals surface area (Å²) in [7, 11) is 1.62. The number of nitrogens with zero attached hydrogens (tertiary/aromatic N) is 3. The Balaban J connectivity index is 1.71. The zero-order valence-electron chi connectivity index (χ0n) is 12.4. The molecule has 0 aliphatic carbocycles. The van der Waals surface area contributed by atoms with Gasteiger partial charge in [-0.15, -0.1) is 0 Å². The number of hydrogen-bond donors (Lipinski definition) is 1. The fourth-order valence-corrected chi connectivity index (χ4v) is 2.86. The Morgan fingerprint density at radius 2 is 2.09 bits per heavy atom. The summed E-state index contributed by atoms with van der Waals surface area (Å²) in [6, 6.07) is 7.30. The van der Waals surface area contributed by atoms with Crippen molar-refractivity contribution in [2.24, 2.45) is 0 Å². The number of rotatable bonds is 4. The zero-order chi connectivity index (χ0) is 15.5. The van der Waals surface area contributed by atoms with E-state index >= 15 is 0 Å². The molecule has 6 heteroatoms. The predicted octanol–water partition coefficient (Wildman–Crippen LogP) is 2.23. The Labute approximate surface area is 134 Å². The van der Waals surface area contributed by atoms with E-state index in [0.717, 1.165) is 29.8 Å². The number of halogens is 1. The molecule has 0 saturated heterocycles. The molecule has 3 rings (SSSR count). The van der Waals surface area contributed by atoms with Gasteiger partial charge in [0.15, 0.2) is 0 Å². The van der Waals surface area contributed by atoms with Crippen LogP contribution in [0.15, 0.2) is 30.6 Å². The molecule has 0 saturated carbocycles. The second-order valence-corrected chi connectivity index (χ2v) is 5.80. The van der Waals surface area contributed by atoms with Crippen LogP contribution in [0.2, 0.25) is 5.02 Å². The third-order valence-electron chi connectivity index (χ3n) is 3.92. The van der Waals surface area contributed by atoms with E-state index in [2.05, 4.69) is 14.9 Å². The van der Waals surface area contributed by atoms with Gasteiger partial charge in [0, 0.05) is 36.6 Å². The molecular weight excluding hydrogens is 302 g/mol. The van der Waals surface area contributed by atoms with Gasteiger partial charge in [-0.05, 0) is 17.7 Å². The van der Waals surface area contributed by atoms with Crippen LogP contribution in [0.1, 0.15) is 22.9 Å². The van der Waals surface area contributed by atoms with E-state index in [1.165, 1.54) is 6.33 Å². The highest BCUT2D eigenvalue weighted by molar-refractivity contribution is 6.30. The predicted molar refractivity (Wildman–Crippen MR) is 84.0 cm³/mol. The topological polar surface area (TPSA) is 58.5 Å². The van der Waals surface area contributed by atoms with Gasteiger partial charge < -0.3 is 9.84 Å². The lowest BCUT2D eigenvalue weighted by atomic mass is 10.0. The Kier molecular flexibility index (Phi) is 4.57. The van der Waals surface area contributed by atoms with Crippen molar-refractivity contribution in [2.45, 2.75) is 19.1 Å². The standard InChI is InChI=1S/C16H18ClN3O2/c1-22-16-13-8-20(7-6-14(13)18-10-19-16)9-15(21)11-2-4-12(17)5-3-11/h2-5,10,15,21H,6-9H2,1H3/t15-/m1/s1. The maximum Gasteiger partial charge on any atom is 0.220 e. The van der Waals surface area contributed by atoms with E-state index in [0.29, 0.717) is 24.0 Å². The molecule has 1 aromatic heterocycles. The molecule has 0 amide bonds. The van der Waals surface area contributed by atoms with Gasteiger partial charge in [0.1, 0.15) is 6.33 Å². The molecule has 1 aliphatic heterocycles. The van der Waals surface area contributed by atoms with Crippen LogP contribution in [-0.2, 0) is 13.0 Å². The molecule has 0 spiro atoms. The number of methoxy groups -OCH3 is 1. The van der Waals surface area contributed by atoms with Gasteiger partial charge in [-0.3, -0.25) is 4.90 Å². The fourth-order valence-electron chi connectivity index (χ4n) is 2.74. The second kappa shape index (κ2) is 6.60. The van der Waals surface area contributed by atoms with Gasteiger partial charge in [0.25, 0.3) is 0 Å². The Morgan fingerprint density at radius 3 is 2.82 bits per heavy atom. The molecule has 2 aromatic rings. The number of hydrogen-bond acceptors (Lipinski definition) is 5. The minimum atomic E-state index is -0.547. The first-order valence-corrected chi connectivity index (χ1v) is 7.58. The summed E-state index contributed by atoms with van der Waals surface area (Å²) in [5, 5.41) is 11.1. The van der Waals surface area contributed by atoms with Crippen molar-refractivity contribution in [3.8, 4) is 5.88 Å². The number of aliphatic hydroxyl groups is 1. The number of aromatic nitrogens is 2. The van der Waals surface area contributed by atoms with E-state index in [4.69, 9.17) is 16.3 Å². The number of aliphatic hydroxyl groups excluding tert-OH is 1. The third-order valence-corrected chi connectivity index (χ3v) is 4.17. The first kappa shape index (κ1) is 15.2. The minimum Gasteiger partial charge on any atom is -0.481 e. The van der Waals surface area contributed by atoms with Crippen molar-refractivity contribution in [1.82, 2.24) is 14.9 Å². The summed E-state index contributed by atoms with van der Waals surface area (Å²) < 4.78 is 5.31. The minimum absolute atomic E-state index is 0.547. The van der Waals surface area contributed by atoms with Crippen LogP contribution in [-0.4, -0.2) is 40.2 Å². The molecule has 0 radical (unpaired) electrons. The van der Waals surface area contributed by atoms with Crippen molar-refractivity contribution in [3.63, 3.8) is 0 Å².